The Bertz CT molecular complexity index is 439. The Morgan fingerprint density at radius 1 is 1.29 bits per heavy atom. The maximum atomic E-state index is 10.3. The third kappa shape index (κ3) is 2.04. The fraction of sp³-hybridized carbons (Fsp3) is 0.538. The van der Waals surface area contributed by atoms with Crippen LogP contribution in [0, 0.1) is 0 Å². The van der Waals surface area contributed by atoms with Crippen LogP contribution in [-0.2, 0) is 12.0 Å². The molecule has 1 N–H and O–H groups in total. The minimum atomic E-state index is -0.704. The SMILES string of the molecule is CCc1cc(C2(O)CC2)c(OC)c(Br)c1OC. The molecule has 17 heavy (non-hydrogen) atoms. The summed E-state index contributed by atoms with van der Waals surface area (Å²) in [5.41, 5.74) is 1.24. The lowest BCUT2D eigenvalue weighted by atomic mass is 10.0. The van der Waals surface area contributed by atoms with Gasteiger partial charge in [0.25, 0.3) is 0 Å². The molecule has 1 aromatic rings. The van der Waals surface area contributed by atoms with Gasteiger partial charge in [0, 0.05) is 5.56 Å². The fourth-order valence-electron chi connectivity index (χ4n) is 2.08. The summed E-state index contributed by atoms with van der Waals surface area (Å²) in [5, 5.41) is 10.3. The van der Waals surface area contributed by atoms with Crippen molar-refractivity contribution >= 4 is 15.9 Å². The van der Waals surface area contributed by atoms with Crippen molar-refractivity contribution in [2.75, 3.05) is 14.2 Å². The molecule has 1 aromatic carbocycles. The molecule has 0 radical (unpaired) electrons. The van der Waals surface area contributed by atoms with Crippen molar-refractivity contribution in [2.45, 2.75) is 31.8 Å². The third-order valence-electron chi connectivity index (χ3n) is 3.27. The van der Waals surface area contributed by atoms with E-state index in [1.165, 1.54) is 0 Å². The van der Waals surface area contributed by atoms with Crippen molar-refractivity contribution < 1.29 is 14.6 Å². The van der Waals surface area contributed by atoms with E-state index in [0.29, 0.717) is 5.75 Å². The molecule has 1 aliphatic carbocycles. The number of methoxy groups -OCH3 is 2. The van der Waals surface area contributed by atoms with Crippen molar-refractivity contribution in [3.63, 3.8) is 0 Å². The van der Waals surface area contributed by atoms with E-state index in [-0.39, 0.29) is 0 Å². The van der Waals surface area contributed by atoms with Gasteiger partial charge in [-0.15, -0.1) is 0 Å². The van der Waals surface area contributed by atoms with Gasteiger partial charge in [0.2, 0.25) is 0 Å². The number of halogens is 1. The van der Waals surface area contributed by atoms with Gasteiger partial charge in [-0.3, -0.25) is 0 Å². The van der Waals surface area contributed by atoms with Gasteiger partial charge < -0.3 is 14.6 Å². The topological polar surface area (TPSA) is 38.7 Å². The van der Waals surface area contributed by atoms with E-state index in [1.54, 1.807) is 14.2 Å². The average molecular weight is 301 g/mol. The number of rotatable bonds is 4. The lowest BCUT2D eigenvalue weighted by molar-refractivity contribution is 0.147. The number of hydrogen-bond acceptors (Lipinski definition) is 3. The van der Waals surface area contributed by atoms with Crippen molar-refractivity contribution in [3.8, 4) is 11.5 Å². The van der Waals surface area contributed by atoms with Gasteiger partial charge in [-0.25, -0.2) is 0 Å². The molecule has 0 heterocycles. The van der Waals surface area contributed by atoms with E-state index in [2.05, 4.69) is 22.9 Å². The van der Waals surface area contributed by atoms with Crippen LogP contribution >= 0.6 is 15.9 Å². The molecular weight excluding hydrogens is 284 g/mol. The maximum absolute atomic E-state index is 10.3. The molecule has 1 aliphatic rings. The molecule has 0 aliphatic heterocycles. The Balaban J connectivity index is 2.63. The van der Waals surface area contributed by atoms with Gasteiger partial charge in [-0.05, 0) is 46.8 Å². The van der Waals surface area contributed by atoms with Gasteiger partial charge in [-0.1, -0.05) is 6.92 Å². The van der Waals surface area contributed by atoms with E-state index in [1.807, 2.05) is 6.07 Å². The fourth-order valence-corrected chi connectivity index (χ4v) is 2.88. The lowest BCUT2D eigenvalue weighted by Crippen LogP contribution is -2.09. The number of ether oxygens (including phenoxy) is 2. The van der Waals surface area contributed by atoms with Crippen LogP contribution in [0.15, 0.2) is 10.5 Å². The molecule has 0 aromatic heterocycles. The molecule has 0 spiro atoms. The molecule has 1 saturated carbocycles. The zero-order chi connectivity index (χ0) is 12.6. The van der Waals surface area contributed by atoms with Gasteiger partial charge in [0.05, 0.1) is 19.8 Å². The lowest BCUT2D eigenvalue weighted by Gasteiger charge is -2.19. The van der Waals surface area contributed by atoms with E-state index < -0.39 is 5.60 Å². The second kappa shape index (κ2) is 4.50. The molecule has 3 nitrogen and oxygen atoms in total. The molecule has 0 unspecified atom stereocenters. The first kappa shape index (κ1) is 12.7. The second-order valence-corrected chi connectivity index (χ2v) is 5.14. The Morgan fingerprint density at radius 3 is 2.29 bits per heavy atom. The quantitative estimate of drug-likeness (QED) is 0.929. The first-order chi connectivity index (χ1) is 8.07. The highest BCUT2D eigenvalue weighted by Crippen LogP contribution is 2.53. The highest BCUT2D eigenvalue weighted by Gasteiger charge is 2.45. The van der Waals surface area contributed by atoms with Gasteiger partial charge >= 0.3 is 0 Å². The summed E-state index contributed by atoms with van der Waals surface area (Å²) in [4.78, 5) is 0. The van der Waals surface area contributed by atoms with Crippen LogP contribution in [0.3, 0.4) is 0 Å². The summed E-state index contributed by atoms with van der Waals surface area (Å²) in [6, 6.07) is 2.00. The molecule has 94 valence electrons. The molecule has 0 saturated heterocycles. The van der Waals surface area contributed by atoms with Crippen LogP contribution in [0.1, 0.15) is 30.9 Å². The smallest absolute Gasteiger partial charge is 0.142 e. The summed E-state index contributed by atoms with van der Waals surface area (Å²) in [5.74, 6) is 1.47. The minimum Gasteiger partial charge on any atom is -0.495 e. The monoisotopic (exact) mass is 300 g/mol. The van der Waals surface area contributed by atoms with Gasteiger partial charge in [0.1, 0.15) is 16.0 Å². The van der Waals surface area contributed by atoms with Crippen LogP contribution < -0.4 is 9.47 Å². The highest BCUT2D eigenvalue weighted by atomic mass is 79.9. The maximum Gasteiger partial charge on any atom is 0.142 e. The normalized spacial score (nSPS) is 16.8. The Kier molecular flexibility index (Phi) is 3.36. The van der Waals surface area contributed by atoms with Gasteiger partial charge in [0.15, 0.2) is 0 Å². The number of aryl methyl sites for hydroxylation is 1. The molecule has 0 bridgehead atoms. The van der Waals surface area contributed by atoms with Crippen LogP contribution in [0.2, 0.25) is 0 Å². The molecular formula is C13H17BrO3. The predicted molar refractivity (Wildman–Crippen MR) is 69.8 cm³/mol. The third-order valence-corrected chi connectivity index (χ3v) is 3.99. The van der Waals surface area contributed by atoms with E-state index in [9.17, 15) is 5.11 Å². The zero-order valence-electron chi connectivity index (χ0n) is 10.3. The van der Waals surface area contributed by atoms with E-state index >= 15 is 0 Å². The van der Waals surface area contributed by atoms with Crippen LogP contribution in [-0.4, -0.2) is 19.3 Å². The van der Waals surface area contributed by atoms with Crippen molar-refractivity contribution in [2.24, 2.45) is 0 Å². The number of hydrogen-bond donors (Lipinski definition) is 1. The van der Waals surface area contributed by atoms with Crippen molar-refractivity contribution in [1.82, 2.24) is 0 Å². The first-order valence-corrected chi connectivity index (χ1v) is 6.53. The van der Waals surface area contributed by atoms with Gasteiger partial charge in [-0.2, -0.15) is 0 Å². The summed E-state index contributed by atoms with van der Waals surface area (Å²) >= 11 is 3.50. The molecule has 4 heteroatoms. The largest absolute Gasteiger partial charge is 0.495 e. The minimum absolute atomic E-state index is 0.680. The number of benzene rings is 1. The molecule has 2 rings (SSSR count). The first-order valence-electron chi connectivity index (χ1n) is 5.73. The Hall–Kier alpha value is -0.740. The van der Waals surface area contributed by atoms with Crippen LogP contribution in [0.5, 0.6) is 11.5 Å². The molecule has 1 fully saturated rings. The summed E-state index contributed by atoms with van der Waals surface area (Å²) < 4.78 is 11.6. The highest BCUT2D eigenvalue weighted by molar-refractivity contribution is 9.10. The Labute approximate surface area is 110 Å². The predicted octanol–water partition coefficient (Wildman–Crippen LogP) is 3.01. The Morgan fingerprint density at radius 2 is 1.88 bits per heavy atom. The number of aliphatic hydroxyl groups is 1. The summed E-state index contributed by atoms with van der Waals surface area (Å²) in [6.45, 7) is 2.07. The summed E-state index contributed by atoms with van der Waals surface area (Å²) in [7, 11) is 3.25. The standard InChI is InChI=1S/C13H17BrO3/c1-4-8-7-9(13(15)5-6-13)12(17-3)10(14)11(8)16-2/h7,15H,4-6H2,1-3H3. The zero-order valence-corrected chi connectivity index (χ0v) is 11.9. The second-order valence-electron chi connectivity index (χ2n) is 4.35. The van der Waals surface area contributed by atoms with E-state index in [0.717, 1.165) is 40.6 Å². The van der Waals surface area contributed by atoms with Crippen molar-refractivity contribution in [1.29, 1.82) is 0 Å². The molecule has 0 amide bonds. The molecule has 0 atom stereocenters. The van der Waals surface area contributed by atoms with Crippen LogP contribution in [0.25, 0.3) is 0 Å². The summed E-state index contributed by atoms with van der Waals surface area (Å²) in [6.07, 6.45) is 2.45. The van der Waals surface area contributed by atoms with Crippen LogP contribution in [0.4, 0.5) is 0 Å². The average Bonchev–Trinajstić information content (AvgIpc) is 3.07. The van der Waals surface area contributed by atoms with E-state index in [4.69, 9.17) is 9.47 Å². The van der Waals surface area contributed by atoms with Crippen molar-refractivity contribution in [3.05, 3.63) is 21.7 Å².